The highest BCUT2D eigenvalue weighted by atomic mass is 35.5. The first-order valence-electron chi connectivity index (χ1n) is 6.99. The van der Waals surface area contributed by atoms with Crippen molar-refractivity contribution < 1.29 is 0 Å². The van der Waals surface area contributed by atoms with Gasteiger partial charge in [0.05, 0.1) is 0 Å². The molecular weight excluding hydrogens is 315 g/mol. The molecule has 0 radical (unpaired) electrons. The van der Waals surface area contributed by atoms with E-state index in [2.05, 4.69) is 16.0 Å². The maximum atomic E-state index is 6.22. The number of pyridine rings is 2. The van der Waals surface area contributed by atoms with Gasteiger partial charge in [-0.3, -0.25) is 4.98 Å². The Morgan fingerprint density at radius 2 is 1.64 bits per heavy atom. The lowest BCUT2D eigenvalue weighted by atomic mass is 9.87. The van der Waals surface area contributed by atoms with Gasteiger partial charge in [0, 0.05) is 29.5 Å². The Bertz CT molecular complexity index is 743. The number of halogens is 2. The number of hydrogen-bond acceptors (Lipinski definition) is 2. The summed E-state index contributed by atoms with van der Waals surface area (Å²) in [6.45, 7) is 0. The third-order valence-corrected chi connectivity index (χ3v) is 4.21. The summed E-state index contributed by atoms with van der Waals surface area (Å²) in [6.07, 6.45) is 6.14. The molecule has 2 aromatic heterocycles. The maximum Gasteiger partial charge on any atom is 0.132 e. The van der Waals surface area contributed by atoms with Gasteiger partial charge in [-0.25, -0.2) is 4.98 Å². The van der Waals surface area contributed by atoms with Gasteiger partial charge in [-0.1, -0.05) is 47.5 Å². The van der Waals surface area contributed by atoms with E-state index < -0.39 is 0 Å². The van der Waals surface area contributed by atoms with Crippen molar-refractivity contribution in [3.63, 3.8) is 0 Å². The lowest BCUT2D eigenvalue weighted by Crippen LogP contribution is -2.06. The van der Waals surface area contributed by atoms with Gasteiger partial charge < -0.3 is 0 Å². The summed E-state index contributed by atoms with van der Waals surface area (Å²) in [5.74, 6) is 0.160. The summed E-state index contributed by atoms with van der Waals surface area (Å²) in [7, 11) is 0. The van der Waals surface area contributed by atoms with Crippen LogP contribution in [0.15, 0.2) is 67.1 Å². The minimum Gasteiger partial charge on any atom is -0.264 e. The highest BCUT2D eigenvalue weighted by molar-refractivity contribution is 6.30. The fourth-order valence-electron chi connectivity index (χ4n) is 2.50. The zero-order chi connectivity index (χ0) is 15.4. The monoisotopic (exact) mass is 328 g/mol. The smallest absolute Gasteiger partial charge is 0.132 e. The molecule has 0 amide bonds. The summed E-state index contributed by atoms with van der Waals surface area (Å²) >= 11 is 12.2. The summed E-state index contributed by atoms with van der Waals surface area (Å²) in [5.41, 5.74) is 3.34. The average molecular weight is 329 g/mol. The molecule has 3 aromatic rings. The highest BCUT2D eigenvalue weighted by Gasteiger charge is 2.17. The van der Waals surface area contributed by atoms with Crippen LogP contribution in [0.3, 0.4) is 0 Å². The second kappa shape index (κ2) is 6.91. The zero-order valence-electron chi connectivity index (χ0n) is 11.8. The van der Waals surface area contributed by atoms with E-state index in [1.165, 1.54) is 5.56 Å². The Balaban J connectivity index is 2.00. The van der Waals surface area contributed by atoms with E-state index in [9.17, 15) is 0 Å². The molecular formula is C18H14Cl2N2. The molecule has 0 aliphatic rings. The van der Waals surface area contributed by atoms with Crippen LogP contribution in [-0.2, 0) is 6.42 Å². The second-order valence-corrected chi connectivity index (χ2v) is 5.84. The van der Waals surface area contributed by atoms with E-state index in [1.54, 1.807) is 12.4 Å². The molecule has 0 saturated heterocycles. The van der Waals surface area contributed by atoms with Crippen molar-refractivity contribution in [1.29, 1.82) is 0 Å². The van der Waals surface area contributed by atoms with Crippen LogP contribution in [0.4, 0.5) is 0 Å². The zero-order valence-corrected chi connectivity index (χ0v) is 13.3. The number of hydrogen-bond donors (Lipinski definition) is 0. The predicted molar refractivity (Wildman–Crippen MR) is 90.5 cm³/mol. The molecule has 0 fully saturated rings. The molecule has 2 nitrogen and oxygen atoms in total. The molecule has 2 heterocycles. The van der Waals surface area contributed by atoms with Crippen molar-refractivity contribution in [1.82, 2.24) is 9.97 Å². The number of nitrogens with zero attached hydrogens (tertiary/aromatic N) is 2. The number of aromatic nitrogens is 2. The van der Waals surface area contributed by atoms with E-state index >= 15 is 0 Å². The van der Waals surface area contributed by atoms with Crippen molar-refractivity contribution in [3.05, 3.63) is 94.0 Å². The quantitative estimate of drug-likeness (QED) is 0.618. The highest BCUT2D eigenvalue weighted by Crippen LogP contribution is 2.30. The van der Waals surface area contributed by atoms with E-state index in [-0.39, 0.29) is 5.92 Å². The van der Waals surface area contributed by atoms with Gasteiger partial charge in [0.2, 0.25) is 0 Å². The third-order valence-electron chi connectivity index (χ3n) is 3.62. The Labute approximate surface area is 139 Å². The largest absolute Gasteiger partial charge is 0.264 e. The van der Waals surface area contributed by atoms with Crippen LogP contribution in [0.25, 0.3) is 0 Å². The number of rotatable bonds is 4. The average Bonchev–Trinajstić information content (AvgIpc) is 2.56. The Morgan fingerprint density at radius 3 is 2.32 bits per heavy atom. The van der Waals surface area contributed by atoms with E-state index in [1.807, 2.05) is 48.7 Å². The lowest BCUT2D eigenvalue weighted by Gasteiger charge is -2.18. The van der Waals surface area contributed by atoms with Crippen molar-refractivity contribution >= 4 is 23.2 Å². The Morgan fingerprint density at radius 1 is 0.864 bits per heavy atom. The predicted octanol–water partition coefficient (Wildman–Crippen LogP) is 5.16. The molecule has 1 atom stereocenters. The van der Waals surface area contributed by atoms with Gasteiger partial charge in [0.15, 0.2) is 0 Å². The van der Waals surface area contributed by atoms with Crippen LogP contribution >= 0.6 is 23.2 Å². The van der Waals surface area contributed by atoms with Crippen molar-refractivity contribution in [2.24, 2.45) is 0 Å². The molecule has 0 bridgehead atoms. The molecule has 1 aromatic carbocycles. The molecule has 0 N–H and O–H groups in total. The molecule has 22 heavy (non-hydrogen) atoms. The fraction of sp³-hybridized carbons (Fsp3) is 0.111. The normalized spacial score (nSPS) is 12.1. The Kier molecular flexibility index (Phi) is 4.71. The summed E-state index contributed by atoms with van der Waals surface area (Å²) in [6, 6.07) is 15.8. The van der Waals surface area contributed by atoms with Crippen LogP contribution in [0, 0.1) is 0 Å². The van der Waals surface area contributed by atoms with E-state index in [4.69, 9.17) is 23.2 Å². The molecule has 0 unspecified atom stereocenters. The molecule has 0 saturated carbocycles. The molecule has 4 heteroatoms. The molecule has 3 rings (SSSR count). The summed E-state index contributed by atoms with van der Waals surface area (Å²) in [4.78, 5) is 8.40. The van der Waals surface area contributed by atoms with Crippen LogP contribution < -0.4 is 0 Å². The fourth-order valence-corrected chi connectivity index (χ4v) is 2.82. The van der Waals surface area contributed by atoms with Crippen molar-refractivity contribution in [2.45, 2.75) is 12.3 Å². The van der Waals surface area contributed by atoms with Crippen molar-refractivity contribution in [2.75, 3.05) is 0 Å². The van der Waals surface area contributed by atoms with Gasteiger partial charge in [0.1, 0.15) is 5.15 Å². The van der Waals surface area contributed by atoms with Crippen molar-refractivity contribution in [3.8, 4) is 0 Å². The minimum absolute atomic E-state index is 0.160. The SMILES string of the molecule is Clc1ccc([C@@H](Cc2cccnc2Cl)c2cccnc2)cc1. The molecule has 0 spiro atoms. The van der Waals surface area contributed by atoms with E-state index in [0.717, 1.165) is 22.6 Å². The Hall–Kier alpha value is -1.90. The first kappa shape index (κ1) is 15.0. The molecule has 0 aliphatic carbocycles. The molecule has 110 valence electrons. The summed E-state index contributed by atoms with van der Waals surface area (Å²) in [5, 5.41) is 1.28. The number of benzene rings is 1. The first-order chi connectivity index (χ1) is 10.7. The summed E-state index contributed by atoms with van der Waals surface area (Å²) < 4.78 is 0. The van der Waals surface area contributed by atoms with Crippen LogP contribution in [0.1, 0.15) is 22.6 Å². The second-order valence-electron chi connectivity index (χ2n) is 5.05. The maximum absolute atomic E-state index is 6.22. The van der Waals surface area contributed by atoms with Crippen LogP contribution in [-0.4, -0.2) is 9.97 Å². The van der Waals surface area contributed by atoms with E-state index in [0.29, 0.717) is 5.15 Å². The molecule has 0 aliphatic heterocycles. The van der Waals surface area contributed by atoms with Crippen LogP contribution in [0.2, 0.25) is 10.2 Å². The van der Waals surface area contributed by atoms with Gasteiger partial charge in [-0.05, 0) is 47.4 Å². The topological polar surface area (TPSA) is 25.8 Å². The standard InChI is InChI=1S/C18H14Cl2N2/c19-16-7-5-13(6-8-16)17(15-4-1-9-21-12-15)11-14-3-2-10-22-18(14)20/h1-10,12,17H,11H2/t17-/m1/s1. The lowest BCUT2D eigenvalue weighted by molar-refractivity contribution is 0.796. The van der Waals surface area contributed by atoms with Gasteiger partial charge >= 0.3 is 0 Å². The van der Waals surface area contributed by atoms with Gasteiger partial charge in [0.25, 0.3) is 0 Å². The third kappa shape index (κ3) is 3.46. The first-order valence-corrected chi connectivity index (χ1v) is 7.74. The van der Waals surface area contributed by atoms with Gasteiger partial charge in [-0.2, -0.15) is 0 Å². The minimum atomic E-state index is 0.160. The van der Waals surface area contributed by atoms with Gasteiger partial charge in [-0.15, -0.1) is 0 Å². The van der Waals surface area contributed by atoms with Crippen LogP contribution in [0.5, 0.6) is 0 Å².